The van der Waals surface area contributed by atoms with Crippen molar-refractivity contribution in [2.45, 2.75) is 6.61 Å². The third-order valence-corrected chi connectivity index (χ3v) is 6.04. The predicted octanol–water partition coefficient (Wildman–Crippen LogP) is 3.80. The van der Waals surface area contributed by atoms with Gasteiger partial charge in [-0.25, -0.2) is 4.68 Å². The maximum absolute atomic E-state index is 12.5. The van der Waals surface area contributed by atoms with Crippen LogP contribution >= 0.6 is 11.3 Å². The smallest absolute Gasteiger partial charge is 0.387 e. The fraction of sp³-hybridized carbons (Fsp3) is 0.292. The molecule has 10 heteroatoms. The molecule has 3 aromatic rings. The van der Waals surface area contributed by atoms with E-state index in [1.807, 2.05) is 17.5 Å². The minimum atomic E-state index is -2.87. The summed E-state index contributed by atoms with van der Waals surface area (Å²) in [5.41, 5.74) is 2.99. The molecular weight excluding hydrogens is 460 g/mol. The number of aromatic nitrogens is 1. The molecule has 0 saturated carbocycles. The van der Waals surface area contributed by atoms with E-state index in [1.165, 1.54) is 23.5 Å². The Kier molecular flexibility index (Phi) is 8.14. The Labute approximate surface area is 199 Å². The van der Waals surface area contributed by atoms with Crippen LogP contribution in [0.25, 0.3) is 11.3 Å². The number of halogens is 2. The molecule has 4 rings (SSSR count). The van der Waals surface area contributed by atoms with Crippen molar-refractivity contribution in [3.8, 4) is 23.1 Å². The number of rotatable bonds is 8. The number of ether oxygens (including phenoxy) is 2. The molecule has 0 unspecified atom stereocenters. The van der Waals surface area contributed by atoms with E-state index < -0.39 is 6.61 Å². The molecule has 0 amide bonds. The third-order valence-electron chi connectivity index (χ3n) is 5.19. The van der Waals surface area contributed by atoms with Crippen LogP contribution in [0.2, 0.25) is 0 Å². The van der Waals surface area contributed by atoms with Gasteiger partial charge < -0.3 is 9.47 Å². The van der Waals surface area contributed by atoms with Gasteiger partial charge in [-0.1, -0.05) is 12.1 Å². The lowest BCUT2D eigenvalue weighted by atomic mass is 10.1. The Morgan fingerprint density at radius 1 is 1.12 bits per heavy atom. The second-order valence-corrected chi connectivity index (χ2v) is 8.27. The van der Waals surface area contributed by atoms with Gasteiger partial charge in [0, 0.05) is 30.6 Å². The number of hydrogen-bond acceptors (Lipinski definition) is 7. The Bertz CT molecular complexity index is 1210. The van der Waals surface area contributed by atoms with Crippen molar-refractivity contribution in [2.24, 2.45) is 10.1 Å². The highest BCUT2D eigenvalue weighted by Crippen LogP contribution is 2.24. The van der Waals surface area contributed by atoms with Crippen molar-refractivity contribution in [1.29, 1.82) is 5.26 Å². The van der Waals surface area contributed by atoms with Crippen LogP contribution in [0.4, 0.5) is 8.78 Å². The molecule has 1 fully saturated rings. The lowest BCUT2D eigenvalue weighted by Crippen LogP contribution is -2.38. The Morgan fingerprint density at radius 3 is 2.53 bits per heavy atom. The molecule has 1 saturated heterocycles. The summed E-state index contributed by atoms with van der Waals surface area (Å²) in [4.78, 5) is 7.80. The van der Waals surface area contributed by atoms with Crippen LogP contribution in [0.15, 0.2) is 64.0 Å². The molecule has 0 atom stereocenters. The zero-order chi connectivity index (χ0) is 23.8. The van der Waals surface area contributed by atoms with E-state index in [1.54, 1.807) is 35.2 Å². The molecule has 7 nitrogen and oxygen atoms in total. The summed E-state index contributed by atoms with van der Waals surface area (Å²) in [6.07, 6.45) is 1.70. The number of benzene rings is 2. The average Bonchev–Trinajstić information content (AvgIpc) is 3.26. The van der Waals surface area contributed by atoms with E-state index in [2.05, 4.69) is 20.8 Å². The Balaban J connectivity index is 1.61. The lowest BCUT2D eigenvalue weighted by Gasteiger charge is -2.25. The van der Waals surface area contributed by atoms with E-state index >= 15 is 0 Å². The molecule has 0 aliphatic carbocycles. The van der Waals surface area contributed by atoms with Crippen LogP contribution in [-0.4, -0.2) is 61.8 Å². The SMILES string of the molecule is N#Cc1ccc(/C=N/n2c(-c3ccc(OC(F)F)cc3)csc2=NCCN2CCOCC2)cc1. The van der Waals surface area contributed by atoms with Gasteiger partial charge >= 0.3 is 6.61 Å². The summed E-state index contributed by atoms with van der Waals surface area (Å²) < 4.78 is 36.6. The number of nitriles is 1. The first-order valence-electron chi connectivity index (χ1n) is 10.7. The summed E-state index contributed by atoms with van der Waals surface area (Å²) in [5.74, 6) is 0.0945. The van der Waals surface area contributed by atoms with Gasteiger partial charge in [-0.05, 0) is 42.0 Å². The van der Waals surface area contributed by atoms with Crippen LogP contribution < -0.4 is 9.54 Å². The fourth-order valence-corrected chi connectivity index (χ4v) is 4.27. The lowest BCUT2D eigenvalue weighted by molar-refractivity contribution is -0.0498. The molecule has 0 spiro atoms. The molecule has 176 valence electrons. The molecule has 34 heavy (non-hydrogen) atoms. The van der Waals surface area contributed by atoms with E-state index in [0.717, 1.165) is 54.5 Å². The largest absolute Gasteiger partial charge is 0.435 e. The first-order chi connectivity index (χ1) is 16.6. The minimum absolute atomic E-state index is 0.0945. The van der Waals surface area contributed by atoms with Gasteiger partial charge in [0.2, 0.25) is 4.80 Å². The summed E-state index contributed by atoms with van der Waals surface area (Å²) in [7, 11) is 0. The standard InChI is InChI=1S/C24H23F2N5O2S/c25-23(26)33-21-7-5-20(6-8-21)22-17-34-24(28-9-10-30-11-13-32-14-12-30)31(22)29-16-19-3-1-18(15-27)2-4-19/h1-8,16-17,23H,9-14H2/b28-24?,29-16+. The second kappa shape index (κ2) is 11.7. The van der Waals surface area contributed by atoms with Gasteiger partial charge in [0.1, 0.15) is 5.75 Å². The van der Waals surface area contributed by atoms with Gasteiger partial charge in [-0.15, -0.1) is 11.3 Å². The normalized spacial score (nSPS) is 15.2. The second-order valence-electron chi connectivity index (χ2n) is 7.43. The molecule has 2 aromatic carbocycles. The summed E-state index contributed by atoms with van der Waals surface area (Å²) in [6, 6.07) is 15.6. The molecule has 0 N–H and O–H groups in total. The van der Waals surface area contributed by atoms with Crippen molar-refractivity contribution in [3.05, 3.63) is 69.8 Å². The Morgan fingerprint density at radius 2 is 1.85 bits per heavy atom. The molecule has 0 radical (unpaired) electrons. The monoisotopic (exact) mass is 483 g/mol. The number of nitrogens with zero attached hydrogens (tertiary/aromatic N) is 5. The first-order valence-corrected chi connectivity index (χ1v) is 11.6. The summed E-state index contributed by atoms with van der Waals surface area (Å²) in [5, 5.41) is 15.6. The number of alkyl halides is 2. The zero-order valence-electron chi connectivity index (χ0n) is 18.3. The van der Waals surface area contributed by atoms with Crippen molar-refractivity contribution in [2.75, 3.05) is 39.4 Å². The van der Waals surface area contributed by atoms with E-state index in [0.29, 0.717) is 12.1 Å². The van der Waals surface area contributed by atoms with Gasteiger partial charge in [0.05, 0.1) is 43.3 Å². The fourth-order valence-electron chi connectivity index (χ4n) is 3.40. The van der Waals surface area contributed by atoms with Crippen molar-refractivity contribution >= 4 is 17.6 Å². The van der Waals surface area contributed by atoms with Gasteiger partial charge in [-0.3, -0.25) is 9.89 Å². The van der Waals surface area contributed by atoms with E-state index in [-0.39, 0.29) is 5.75 Å². The highest BCUT2D eigenvalue weighted by atomic mass is 32.1. The minimum Gasteiger partial charge on any atom is -0.435 e. The number of hydrogen-bond donors (Lipinski definition) is 0. The van der Waals surface area contributed by atoms with Crippen molar-refractivity contribution in [1.82, 2.24) is 9.58 Å². The van der Waals surface area contributed by atoms with Crippen LogP contribution in [0.1, 0.15) is 11.1 Å². The van der Waals surface area contributed by atoms with Crippen LogP contribution in [0, 0.1) is 11.3 Å². The average molecular weight is 484 g/mol. The summed E-state index contributed by atoms with van der Waals surface area (Å²) in [6.45, 7) is 1.85. The quantitative estimate of drug-likeness (QED) is 0.457. The Hall–Kier alpha value is -3.39. The van der Waals surface area contributed by atoms with E-state index in [9.17, 15) is 8.78 Å². The topological polar surface area (TPSA) is 75.1 Å². The molecule has 2 heterocycles. The van der Waals surface area contributed by atoms with Crippen molar-refractivity contribution < 1.29 is 18.3 Å². The third kappa shape index (κ3) is 6.35. The maximum atomic E-state index is 12.5. The van der Waals surface area contributed by atoms with Gasteiger partial charge in [0.25, 0.3) is 0 Å². The van der Waals surface area contributed by atoms with Crippen LogP contribution in [-0.2, 0) is 4.74 Å². The summed E-state index contributed by atoms with van der Waals surface area (Å²) >= 11 is 1.46. The van der Waals surface area contributed by atoms with Crippen LogP contribution in [0.5, 0.6) is 5.75 Å². The molecular formula is C24H23F2N5O2S. The number of morpholine rings is 1. The molecule has 1 aliphatic rings. The van der Waals surface area contributed by atoms with Gasteiger partial charge in [-0.2, -0.15) is 19.1 Å². The predicted molar refractivity (Wildman–Crippen MR) is 126 cm³/mol. The van der Waals surface area contributed by atoms with E-state index in [4.69, 9.17) is 15.0 Å². The van der Waals surface area contributed by atoms with Crippen molar-refractivity contribution in [3.63, 3.8) is 0 Å². The molecule has 1 aromatic heterocycles. The van der Waals surface area contributed by atoms with Gasteiger partial charge in [0.15, 0.2) is 0 Å². The first kappa shape index (κ1) is 23.8. The maximum Gasteiger partial charge on any atom is 0.387 e. The zero-order valence-corrected chi connectivity index (χ0v) is 19.1. The highest BCUT2D eigenvalue weighted by Gasteiger charge is 2.11. The number of thiazole rings is 1. The van der Waals surface area contributed by atoms with Crippen LogP contribution in [0.3, 0.4) is 0 Å². The molecule has 1 aliphatic heterocycles. The highest BCUT2D eigenvalue weighted by molar-refractivity contribution is 7.07. The molecule has 0 bridgehead atoms.